The summed E-state index contributed by atoms with van der Waals surface area (Å²) >= 11 is 0. The zero-order chi connectivity index (χ0) is 18.4. The fourth-order valence-electron chi connectivity index (χ4n) is 3.53. The highest BCUT2D eigenvalue weighted by atomic mass is 16.5. The maximum atomic E-state index is 11.3. The molecule has 1 aromatic carbocycles. The van der Waals surface area contributed by atoms with Gasteiger partial charge in [-0.15, -0.1) is 0 Å². The highest BCUT2D eigenvalue weighted by Gasteiger charge is 2.27. The van der Waals surface area contributed by atoms with Crippen LogP contribution in [0.5, 0.6) is 0 Å². The molecule has 0 saturated heterocycles. The molecule has 1 aromatic heterocycles. The first kappa shape index (κ1) is 18.3. The van der Waals surface area contributed by atoms with Crippen LogP contribution in [-0.4, -0.2) is 41.2 Å². The van der Waals surface area contributed by atoms with E-state index < -0.39 is 0 Å². The van der Waals surface area contributed by atoms with Crippen molar-refractivity contribution in [3.63, 3.8) is 0 Å². The number of hydrogen-bond acceptors (Lipinski definition) is 5. The quantitative estimate of drug-likeness (QED) is 0.613. The second-order valence-corrected chi connectivity index (χ2v) is 6.42. The third-order valence-electron chi connectivity index (χ3n) is 4.76. The SMILES string of the molecule is COC(=O)/C=C/c1ccc2c(c1)CCC2N(CCO)Cc1cccnc1. The fourth-order valence-corrected chi connectivity index (χ4v) is 3.53. The number of methoxy groups -OCH3 is 1. The highest BCUT2D eigenvalue weighted by molar-refractivity contribution is 5.86. The molecule has 0 amide bonds. The minimum absolute atomic E-state index is 0.131. The summed E-state index contributed by atoms with van der Waals surface area (Å²) in [5.74, 6) is -0.353. The maximum absolute atomic E-state index is 11.3. The second-order valence-electron chi connectivity index (χ2n) is 6.42. The lowest BCUT2D eigenvalue weighted by molar-refractivity contribution is -0.134. The van der Waals surface area contributed by atoms with Crippen LogP contribution in [0.1, 0.15) is 34.7 Å². The molecule has 1 unspecified atom stereocenters. The number of pyridine rings is 1. The third-order valence-corrected chi connectivity index (χ3v) is 4.76. The van der Waals surface area contributed by atoms with Crippen LogP contribution in [0.3, 0.4) is 0 Å². The van der Waals surface area contributed by atoms with Gasteiger partial charge >= 0.3 is 5.97 Å². The van der Waals surface area contributed by atoms with Gasteiger partial charge in [0.25, 0.3) is 0 Å². The normalized spacial score (nSPS) is 16.2. The standard InChI is InChI=1S/C21H24N2O3/c1-26-21(25)9-5-16-4-7-19-18(13-16)6-8-20(19)23(11-12-24)15-17-3-2-10-22-14-17/h2-5,7,9-10,13-14,20,24H,6,8,11-12,15H2,1H3/b9-5+. The van der Waals surface area contributed by atoms with Gasteiger partial charge in [-0.3, -0.25) is 9.88 Å². The Balaban J connectivity index is 1.78. The molecule has 5 heteroatoms. The van der Waals surface area contributed by atoms with Gasteiger partial charge in [0, 0.05) is 37.6 Å². The van der Waals surface area contributed by atoms with Crippen molar-refractivity contribution in [2.24, 2.45) is 0 Å². The Morgan fingerprint density at radius 1 is 1.42 bits per heavy atom. The summed E-state index contributed by atoms with van der Waals surface area (Å²) in [4.78, 5) is 17.8. The summed E-state index contributed by atoms with van der Waals surface area (Å²) in [6.07, 6.45) is 8.89. The average molecular weight is 352 g/mol. The lowest BCUT2D eigenvalue weighted by Crippen LogP contribution is -2.30. The van der Waals surface area contributed by atoms with E-state index in [4.69, 9.17) is 0 Å². The Hall–Kier alpha value is -2.50. The van der Waals surface area contributed by atoms with Crippen LogP contribution in [0.2, 0.25) is 0 Å². The van der Waals surface area contributed by atoms with Crippen molar-refractivity contribution >= 4 is 12.0 Å². The number of benzene rings is 1. The summed E-state index contributed by atoms with van der Waals surface area (Å²) in [7, 11) is 1.37. The number of carbonyl (C=O) groups is 1. The summed E-state index contributed by atoms with van der Waals surface area (Å²) in [6, 6.07) is 10.6. The highest BCUT2D eigenvalue weighted by Crippen LogP contribution is 2.37. The van der Waals surface area contributed by atoms with Crippen molar-refractivity contribution < 1.29 is 14.6 Å². The smallest absolute Gasteiger partial charge is 0.330 e. The van der Waals surface area contributed by atoms with Crippen LogP contribution in [-0.2, 0) is 22.5 Å². The molecule has 0 bridgehead atoms. The molecular weight excluding hydrogens is 328 g/mol. The number of aliphatic hydroxyl groups is 1. The number of esters is 1. The first-order chi connectivity index (χ1) is 12.7. The molecule has 1 atom stereocenters. The molecular formula is C21H24N2O3. The van der Waals surface area contributed by atoms with E-state index in [2.05, 4.69) is 32.8 Å². The number of aliphatic hydroxyl groups excluding tert-OH is 1. The molecule has 1 aliphatic carbocycles. The van der Waals surface area contributed by atoms with Crippen molar-refractivity contribution in [3.8, 4) is 0 Å². The summed E-state index contributed by atoms with van der Waals surface area (Å²) < 4.78 is 4.64. The van der Waals surface area contributed by atoms with Gasteiger partial charge in [-0.25, -0.2) is 4.79 Å². The topological polar surface area (TPSA) is 62.7 Å². The molecule has 0 saturated carbocycles. The van der Waals surface area contributed by atoms with Gasteiger partial charge in [-0.1, -0.05) is 24.3 Å². The predicted octanol–water partition coefficient (Wildman–Crippen LogP) is 2.75. The van der Waals surface area contributed by atoms with E-state index >= 15 is 0 Å². The first-order valence-electron chi connectivity index (χ1n) is 8.84. The van der Waals surface area contributed by atoms with Crippen LogP contribution in [0, 0.1) is 0 Å². The first-order valence-corrected chi connectivity index (χ1v) is 8.84. The van der Waals surface area contributed by atoms with Crippen LogP contribution >= 0.6 is 0 Å². The largest absolute Gasteiger partial charge is 0.466 e. The van der Waals surface area contributed by atoms with Crippen LogP contribution in [0.15, 0.2) is 48.8 Å². The van der Waals surface area contributed by atoms with Gasteiger partial charge in [0.05, 0.1) is 13.7 Å². The Kier molecular flexibility index (Phi) is 6.15. The van der Waals surface area contributed by atoms with Crippen molar-refractivity contribution in [1.82, 2.24) is 9.88 Å². The van der Waals surface area contributed by atoms with E-state index in [1.54, 1.807) is 12.3 Å². The molecule has 0 radical (unpaired) electrons. The maximum Gasteiger partial charge on any atom is 0.330 e. The summed E-state index contributed by atoms with van der Waals surface area (Å²) in [5, 5.41) is 9.50. The minimum atomic E-state index is -0.353. The molecule has 1 aliphatic rings. The van der Waals surface area contributed by atoms with E-state index in [0.717, 1.165) is 30.5 Å². The molecule has 0 spiro atoms. The minimum Gasteiger partial charge on any atom is -0.466 e. The Labute approximate surface area is 153 Å². The van der Waals surface area contributed by atoms with Gasteiger partial charge in [-0.2, -0.15) is 0 Å². The lowest BCUT2D eigenvalue weighted by atomic mass is 10.0. The number of rotatable bonds is 7. The van der Waals surface area contributed by atoms with Crippen LogP contribution < -0.4 is 0 Å². The number of fused-ring (bicyclic) bond motifs is 1. The number of nitrogens with zero attached hydrogens (tertiary/aromatic N) is 2. The van der Waals surface area contributed by atoms with E-state index in [1.807, 2.05) is 18.3 Å². The number of hydrogen-bond donors (Lipinski definition) is 1. The Bertz CT molecular complexity index is 774. The van der Waals surface area contributed by atoms with Gasteiger partial charge in [0.15, 0.2) is 0 Å². The molecule has 1 heterocycles. The monoisotopic (exact) mass is 352 g/mol. The predicted molar refractivity (Wildman–Crippen MR) is 100 cm³/mol. The van der Waals surface area contributed by atoms with E-state index in [9.17, 15) is 9.90 Å². The molecule has 0 fully saturated rings. The fraction of sp³-hybridized carbons (Fsp3) is 0.333. The molecule has 3 rings (SSSR count). The van der Waals surface area contributed by atoms with E-state index in [1.165, 1.54) is 24.3 Å². The van der Waals surface area contributed by atoms with Crippen molar-refractivity contribution in [3.05, 3.63) is 71.1 Å². The summed E-state index contributed by atoms with van der Waals surface area (Å²) in [6.45, 7) is 1.53. The molecule has 2 aromatic rings. The number of ether oxygens (including phenoxy) is 1. The van der Waals surface area contributed by atoms with Gasteiger partial charge < -0.3 is 9.84 Å². The van der Waals surface area contributed by atoms with Crippen molar-refractivity contribution in [2.75, 3.05) is 20.3 Å². The molecule has 1 N–H and O–H groups in total. The number of aryl methyl sites for hydroxylation is 1. The van der Waals surface area contributed by atoms with Gasteiger partial charge in [0.1, 0.15) is 0 Å². The van der Waals surface area contributed by atoms with Gasteiger partial charge in [-0.05, 0) is 47.2 Å². The summed E-state index contributed by atoms with van der Waals surface area (Å²) in [5.41, 5.74) is 4.75. The Morgan fingerprint density at radius 2 is 2.31 bits per heavy atom. The Morgan fingerprint density at radius 3 is 3.04 bits per heavy atom. The molecule has 136 valence electrons. The van der Waals surface area contributed by atoms with Gasteiger partial charge in [0.2, 0.25) is 0 Å². The average Bonchev–Trinajstić information content (AvgIpc) is 3.09. The lowest BCUT2D eigenvalue weighted by Gasteiger charge is -2.29. The zero-order valence-electron chi connectivity index (χ0n) is 15.0. The van der Waals surface area contributed by atoms with Crippen molar-refractivity contribution in [2.45, 2.75) is 25.4 Å². The van der Waals surface area contributed by atoms with Crippen molar-refractivity contribution in [1.29, 1.82) is 0 Å². The third kappa shape index (κ3) is 4.36. The van der Waals surface area contributed by atoms with Crippen LogP contribution in [0.4, 0.5) is 0 Å². The molecule has 5 nitrogen and oxygen atoms in total. The van der Waals surface area contributed by atoms with Crippen LogP contribution in [0.25, 0.3) is 6.08 Å². The van der Waals surface area contributed by atoms with E-state index in [-0.39, 0.29) is 18.6 Å². The second kappa shape index (κ2) is 8.74. The van der Waals surface area contributed by atoms with E-state index in [0.29, 0.717) is 6.54 Å². The number of aromatic nitrogens is 1. The zero-order valence-corrected chi connectivity index (χ0v) is 15.0. The molecule has 0 aliphatic heterocycles. The molecule has 26 heavy (non-hydrogen) atoms. The number of carbonyl (C=O) groups excluding carboxylic acids is 1.